The maximum absolute atomic E-state index is 2.49. The highest BCUT2D eigenvalue weighted by Gasteiger charge is 2.14. The van der Waals surface area contributed by atoms with E-state index >= 15 is 0 Å². The molecule has 2 heteroatoms. The Kier molecular flexibility index (Phi) is 4.06. The van der Waals surface area contributed by atoms with Crippen molar-refractivity contribution < 1.29 is 0 Å². The maximum Gasteiger partial charge on any atom is 0.0501 e. The molecule has 0 bridgehead atoms. The van der Waals surface area contributed by atoms with E-state index in [0.717, 1.165) is 19.4 Å². The second-order valence-electron chi connectivity index (χ2n) is 9.64. The molecule has 1 aliphatic carbocycles. The lowest BCUT2D eigenvalue weighted by Gasteiger charge is -2.10. The first-order valence-corrected chi connectivity index (χ1v) is 13.2. The smallest absolute Gasteiger partial charge is 0.0501 e. The van der Waals surface area contributed by atoms with Gasteiger partial charge in [0.2, 0.25) is 0 Å². The largest absolute Gasteiger partial charge is 0.336 e. The lowest BCUT2D eigenvalue weighted by atomic mass is 10.0. The highest BCUT2D eigenvalue weighted by atomic mass is 32.1. The van der Waals surface area contributed by atoms with Crippen molar-refractivity contribution >= 4 is 76.9 Å². The molecule has 8 rings (SSSR count). The van der Waals surface area contributed by atoms with Crippen molar-refractivity contribution in [2.45, 2.75) is 19.4 Å². The Labute approximate surface area is 206 Å². The van der Waals surface area contributed by atoms with Crippen LogP contribution in [0.2, 0.25) is 0 Å². The zero-order valence-electron chi connectivity index (χ0n) is 19.3. The molecule has 166 valence electrons. The number of hydrogen-bond acceptors (Lipinski definition) is 1. The fourth-order valence-electron chi connectivity index (χ4n) is 6.08. The van der Waals surface area contributed by atoms with Crippen molar-refractivity contribution in [3.05, 3.63) is 106 Å². The van der Waals surface area contributed by atoms with Crippen molar-refractivity contribution in [2.75, 3.05) is 0 Å². The standard InChI is InChI=1S/C33H23NS/c1-2-8-24-22(7-1)14-17-29-32(24)26-9-3-5-11-28(26)34(29)20-21-13-16-25-23(19-21)15-18-31-33(25)27-10-4-6-12-30(27)35-31/h1-3,5,7-19H,4,6,20H2. The van der Waals surface area contributed by atoms with E-state index in [-0.39, 0.29) is 0 Å². The Morgan fingerprint density at radius 3 is 2.40 bits per heavy atom. The van der Waals surface area contributed by atoms with Gasteiger partial charge in [0.25, 0.3) is 0 Å². The lowest BCUT2D eigenvalue weighted by molar-refractivity contribution is 0.871. The van der Waals surface area contributed by atoms with Gasteiger partial charge in [-0.05, 0) is 69.4 Å². The monoisotopic (exact) mass is 465 g/mol. The molecule has 0 atom stereocenters. The number of nitrogens with zero attached hydrogens (tertiary/aromatic N) is 1. The quantitative estimate of drug-likeness (QED) is 0.246. The highest BCUT2D eigenvalue weighted by molar-refractivity contribution is 7.17. The summed E-state index contributed by atoms with van der Waals surface area (Å²) in [7, 11) is 0. The van der Waals surface area contributed by atoms with Gasteiger partial charge in [-0.3, -0.25) is 0 Å². The van der Waals surface area contributed by atoms with Gasteiger partial charge in [0.15, 0.2) is 0 Å². The number of benzene rings is 5. The lowest BCUT2D eigenvalue weighted by Crippen LogP contribution is -2.20. The molecular weight excluding hydrogens is 442 g/mol. The van der Waals surface area contributed by atoms with Crippen LogP contribution in [-0.2, 0) is 6.54 Å². The zero-order valence-corrected chi connectivity index (χ0v) is 20.1. The Bertz CT molecular complexity index is 2090. The van der Waals surface area contributed by atoms with Gasteiger partial charge < -0.3 is 4.57 Å². The van der Waals surface area contributed by atoms with Gasteiger partial charge in [-0.25, -0.2) is 0 Å². The van der Waals surface area contributed by atoms with E-state index < -0.39 is 0 Å². The summed E-state index contributed by atoms with van der Waals surface area (Å²) in [4.78, 5) is 0. The van der Waals surface area contributed by atoms with Gasteiger partial charge in [0.1, 0.15) is 0 Å². The molecule has 0 amide bonds. The Hall–Kier alpha value is -3.88. The molecule has 1 nitrogen and oxygen atoms in total. The third-order valence-corrected chi connectivity index (χ3v) is 8.81. The third-order valence-electron chi connectivity index (χ3n) is 7.65. The average Bonchev–Trinajstić information content (AvgIpc) is 3.45. The van der Waals surface area contributed by atoms with Crippen LogP contribution >= 0.6 is 11.3 Å². The van der Waals surface area contributed by atoms with Gasteiger partial charge in [-0.15, -0.1) is 11.3 Å². The van der Waals surface area contributed by atoms with E-state index in [1.54, 1.807) is 0 Å². The van der Waals surface area contributed by atoms with Crippen LogP contribution in [0.5, 0.6) is 0 Å². The predicted molar refractivity (Wildman–Crippen MR) is 153 cm³/mol. The Balaban J connectivity index is 1.35. The van der Waals surface area contributed by atoms with Crippen LogP contribution in [0.3, 0.4) is 0 Å². The van der Waals surface area contributed by atoms with Crippen molar-refractivity contribution in [2.24, 2.45) is 0 Å². The molecule has 0 fully saturated rings. The summed E-state index contributed by atoms with van der Waals surface area (Å²) < 4.78 is 5.34. The predicted octanol–water partition coefficient (Wildman–Crippen LogP) is 7.72. The molecule has 0 radical (unpaired) electrons. The molecule has 0 aliphatic heterocycles. The van der Waals surface area contributed by atoms with Crippen molar-refractivity contribution in [1.82, 2.24) is 4.57 Å². The summed E-state index contributed by atoms with van der Waals surface area (Å²) >= 11 is 1.94. The van der Waals surface area contributed by atoms with Crippen LogP contribution in [0, 0.1) is 0 Å². The van der Waals surface area contributed by atoms with Crippen molar-refractivity contribution in [1.29, 1.82) is 0 Å². The van der Waals surface area contributed by atoms with Crippen LogP contribution in [0.4, 0.5) is 0 Å². The molecule has 0 unspecified atom stereocenters. The summed E-state index contributed by atoms with van der Waals surface area (Å²) in [6.45, 7) is 0.859. The zero-order chi connectivity index (χ0) is 22.9. The number of hydrogen-bond donors (Lipinski definition) is 0. The third kappa shape index (κ3) is 2.81. The van der Waals surface area contributed by atoms with E-state index in [1.807, 2.05) is 11.3 Å². The molecule has 5 aromatic carbocycles. The first-order chi connectivity index (χ1) is 17.3. The van der Waals surface area contributed by atoms with Crippen LogP contribution in [0.15, 0.2) is 91.0 Å². The number of para-hydroxylation sites is 1. The number of rotatable bonds is 2. The molecule has 0 spiro atoms. The number of fused-ring (bicyclic) bond motifs is 10. The van der Waals surface area contributed by atoms with Gasteiger partial charge in [-0.1, -0.05) is 78.9 Å². The second kappa shape index (κ2) is 7.31. The SMILES string of the molecule is C1=c2sc3ccc4cc(Cn5c6ccccc6c6c7ccccc7ccc65)ccc4c3c2=CCC1. The summed E-state index contributed by atoms with van der Waals surface area (Å²) in [5.74, 6) is 0. The maximum atomic E-state index is 2.49. The average molecular weight is 466 g/mol. The minimum Gasteiger partial charge on any atom is -0.336 e. The van der Waals surface area contributed by atoms with E-state index in [9.17, 15) is 0 Å². The van der Waals surface area contributed by atoms with Crippen LogP contribution < -0.4 is 9.75 Å². The van der Waals surface area contributed by atoms with Gasteiger partial charge in [0, 0.05) is 37.5 Å². The Morgan fingerprint density at radius 1 is 0.629 bits per heavy atom. The normalized spacial score (nSPS) is 13.5. The molecule has 2 heterocycles. The topological polar surface area (TPSA) is 4.93 Å². The van der Waals surface area contributed by atoms with E-state index in [1.165, 1.54) is 68.8 Å². The van der Waals surface area contributed by atoms with Gasteiger partial charge in [0.05, 0.1) is 5.52 Å². The molecule has 1 aliphatic rings. The summed E-state index contributed by atoms with van der Waals surface area (Å²) in [6, 6.07) is 33.9. The van der Waals surface area contributed by atoms with Gasteiger partial charge in [-0.2, -0.15) is 0 Å². The fourth-order valence-corrected chi connectivity index (χ4v) is 7.28. The summed E-state index contributed by atoms with van der Waals surface area (Å²) in [5.41, 5.74) is 3.94. The van der Waals surface area contributed by atoms with Crippen LogP contribution in [0.1, 0.15) is 18.4 Å². The molecular formula is C33H23NS. The van der Waals surface area contributed by atoms with Crippen LogP contribution in [-0.4, -0.2) is 4.57 Å². The molecule has 7 aromatic rings. The van der Waals surface area contributed by atoms with Crippen molar-refractivity contribution in [3.63, 3.8) is 0 Å². The molecule has 2 aromatic heterocycles. The molecule has 0 saturated carbocycles. The van der Waals surface area contributed by atoms with Gasteiger partial charge >= 0.3 is 0 Å². The molecule has 35 heavy (non-hydrogen) atoms. The summed E-state index contributed by atoms with van der Waals surface area (Å²) in [6.07, 6.45) is 7.15. The minimum atomic E-state index is 0.859. The number of thiophene rings is 1. The molecule has 0 N–H and O–H groups in total. The minimum absolute atomic E-state index is 0.859. The summed E-state index contributed by atoms with van der Waals surface area (Å²) in [5, 5.41) is 10.9. The van der Waals surface area contributed by atoms with E-state index in [4.69, 9.17) is 0 Å². The van der Waals surface area contributed by atoms with Crippen LogP contribution in [0.25, 0.3) is 65.6 Å². The number of aromatic nitrogens is 1. The first-order valence-electron chi connectivity index (χ1n) is 12.4. The highest BCUT2D eigenvalue weighted by Crippen LogP contribution is 2.35. The van der Waals surface area contributed by atoms with E-state index in [0.29, 0.717) is 0 Å². The Morgan fingerprint density at radius 2 is 1.43 bits per heavy atom. The van der Waals surface area contributed by atoms with Crippen molar-refractivity contribution in [3.8, 4) is 0 Å². The second-order valence-corrected chi connectivity index (χ2v) is 10.7. The molecule has 0 saturated heterocycles. The van der Waals surface area contributed by atoms with E-state index in [2.05, 4.69) is 108 Å². The first kappa shape index (κ1) is 19.4. The fraction of sp³-hybridized carbons (Fsp3) is 0.0909.